The Kier molecular flexibility index (Phi) is 3.62. The van der Waals surface area contributed by atoms with Crippen LogP contribution in [0.1, 0.15) is 6.92 Å². The van der Waals surface area contributed by atoms with Crippen LogP contribution in [0.4, 0.5) is 5.82 Å². The summed E-state index contributed by atoms with van der Waals surface area (Å²) in [5, 5.41) is 8.39. The highest BCUT2D eigenvalue weighted by molar-refractivity contribution is 7.99. The summed E-state index contributed by atoms with van der Waals surface area (Å²) in [4.78, 5) is 14.2. The topological polar surface area (TPSA) is 109 Å². The summed E-state index contributed by atoms with van der Waals surface area (Å²) in [5.41, 5.74) is 7.98. The molecule has 0 aliphatic carbocycles. The van der Waals surface area contributed by atoms with Crippen LogP contribution in [0.2, 0.25) is 0 Å². The van der Waals surface area contributed by atoms with Crippen molar-refractivity contribution >= 4 is 28.6 Å². The number of hydrogen-bond acceptors (Lipinski definition) is 8. The predicted molar refractivity (Wildman–Crippen MR) is 89.3 cm³/mol. The quantitative estimate of drug-likeness (QED) is 0.604. The highest BCUT2D eigenvalue weighted by Crippen LogP contribution is 2.34. The molecule has 4 heterocycles. The predicted octanol–water partition coefficient (Wildman–Crippen LogP) is 2.63. The molecule has 0 amide bonds. The molecule has 4 aromatic heterocycles. The smallest absolute Gasteiger partial charge is 0.199 e. The van der Waals surface area contributed by atoms with Crippen LogP contribution in [0.5, 0.6) is 0 Å². The van der Waals surface area contributed by atoms with Gasteiger partial charge in [0, 0.05) is 18.9 Å². The summed E-state index contributed by atoms with van der Waals surface area (Å²) in [5.74, 6) is 0.828. The zero-order valence-electron chi connectivity index (χ0n) is 12.7. The van der Waals surface area contributed by atoms with Crippen molar-refractivity contribution in [2.24, 2.45) is 0 Å². The molecular weight excluding hydrogens is 326 g/mol. The fourth-order valence-electron chi connectivity index (χ4n) is 2.49. The Morgan fingerprint density at radius 1 is 1.25 bits per heavy atom. The van der Waals surface area contributed by atoms with E-state index in [0.29, 0.717) is 18.1 Å². The van der Waals surface area contributed by atoms with E-state index in [0.717, 1.165) is 21.0 Å². The minimum atomic E-state index is 0.215. The zero-order valence-corrected chi connectivity index (χ0v) is 13.6. The summed E-state index contributed by atoms with van der Waals surface area (Å²) in [6.45, 7) is 2.72. The van der Waals surface area contributed by atoms with Gasteiger partial charge in [0.25, 0.3) is 0 Å². The molecular formula is C15H13N7OS. The Hall–Kier alpha value is -2.94. The third-order valence-electron chi connectivity index (χ3n) is 3.51. The van der Waals surface area contributed by atoms with Crippen molar-refractivity contribution < 1.29 is 4.63 Å². The van der Waals surface area contributed by atoms with Crippen molar-refractivity contribution in [3.8, 4) is 11.5 Å². The average molecular weight is 339 g/mol. The second-order valence-electron chi connectivity index (χ2n) is 4.95. The second-order valence-corrected chi connectivity index (χ2v) is 6.02. The Bertz CT molecular complexity index is 996. The fraction of sp³-hybridized carbons (Fsp3) is 0.133. The van der Waals surface area contributed by atoms with E-state index in [1.165, 1.54) is 11.8 Å². The van der Waals surface area contributed by atoms with Crippen molar-refractivity contribution in [1.82, 2.24) is 29.8 Å². The number of aromatic nitrogens is 6. The van der Waals surface area contributed by atoms with Crippen LogP contribution in [0.15, 0.2) is 51.3 Å². The maximum Gasteiger partial charge on any atom is 0.199 e. The summed E-state index contributed by atoms with van der Waals surface area (Å²) >= 11 is 1.54. The number of imidazole rings is 1. The monoisotopic (exact) mass is 339 g/mol. The lowest BCUT2D eigenvalue weighted by Crippen LogP contribution is -2.00. The first kappa shape index (κ1) is 14.6. The number of rotatable bonds is 4. The molecule has 0 bridgehead atoms. The summed E-state index contributed by atoms with van der Waals surface area (Å²) in [6.07, 6.45) is 5.29. The first-order valence-electron chi connectivity index (χ1n) is 7.29. The first-order chi connectivity index (χ1) is 11.8. The molecule has 0 aliphatic rings. The van der Waals surface area contributed by atoms with Gasteiger partial charge < -0.3 is 10.3 Å². The van der Waals surface area contributed by atoms with Crippen molar-refractivity contribution in [2.75, 3.05) is 5.73 Å². The summed E-state index contributed by atoms with van der Waals surface area (Å²) in [7, 11) is 0. The van der Waals surface area contributed by atoms with Gasteiger partial charge in [0.2, 0.25) is 0 Å². The summed E-state index contributed by atoms with van der Waals surface area (Å²) < 4.78 is 6.74. The molecule has 0 saturated carbocycles. The first-order valence-corrected chi connectivity index (χ1v) is 8.11. The minimum absolute atomic E-state index is 0.215. The Labute approximate surface area is 141 Å². The van der Waals surface area contributed by atoms with E-state index in [4.69, 9.17) is 10.4 Å². The molecule has 0 aliphatic heterocycles. The third-order valence-corrected chi connectivity index (χ3v) is 4.48. The van der Waals surface area contributed by atoms with Gasteiger partial charge in [-0.05, 0) is 29.4 Å². The zero-order chi connectivity index (χ0) is 16.5. The maximum absolute atomic E-state index is 5.83. The molecule has 0 aromatic carbocycles. The van der Waals surface area contributed by atoms with Gasteiger partial charge in [-0.1, -0.05) is 17.8 Å². The molecule has 120 valence electrons. The molecule has 24 heavy (non-hydrogen) atoms. The molecule has 4 rings (SSSR count). The third kappa shape index (κ3) is 2.38. The maximum atomic E-state index is 5.83. The van der Waals surface area contributed by atoms with Gasteiger partial charge in [-0.15, -0.1) is 0 Å². The number of aryl methyl sites for hydroxylation is 1. The van der Waals surface area contributed by atoms with Crippen molar-refractivity contribution in [1.29, 1.82) is 0 Å². The number of hydrogen-bond donors (Lipinski definition) is 1. The van der Waals surface area contributed by atoms with Crippen LogP contribution < -0.4 is 5.73 Å². The normalized spacial score (nSPS) is 11.2. The fourth-order valence-corrected chi connectivity index (χ4v) is 3.40. The Morgan fingerprint density at radius 3 is 2.88 bits per heavy atom. The average Bonchev–Trinajstić information content (AvgIpc) is 3.19. The number of anilines is 1. The molecule has 8 nitrogen and oxygen atoms in total. The van der Waals surface area contributed by atoms with E-state index in [-0.39, 0.29) is 5.82 Å². The number of nitrogens with zero attached hydrogens (tertiary/aromatic N) is 6. The van der Waals surface area contributed by atoms with E-state index >= 15 is 0 Å². The molecule has 0 atom stereocenters. The Balaban J connectivity index is 1.90. The highest BCUT2D eigenvalue weighted by Gasteiger charge is 2.20. The van der Waals surface area contributed by atoms with E-state index in [9.17, 15) is 0 Å². The van der Waals surface area contributed by atoms with Crippen LogP contribution in [-0.2, 0) is 6.54 Å². The molecule has 0 unspecified atom stereocenters. The van der Waals surface area contributed by atoms with E-state index in [2.05, 4.69) is 25.3 Å². The van der Waals surface area contributed by atoms with E-state index in [1.54, 1.807) is 12.4 Å². The summed E-state index contributed by atoms with van der Waals surface area (Å²) in [6, 6.07) is 5.79. The van der Waals surface area contributed by atoms with Gasteiger partial charge in [0.1, 0.15) is 10.5 Å². The number of pyridine rings is 2. The molecule has 2 N–H and O–H groups in total. The SMILES string of the molecule is CCn1c(-c2nonc2N)nc2cncc(Sc3ccccn3)c21. The Morgan fingerprint density at radius 2 is 2.17 bits per heavy atom. The van der Waals surface area contributed by atoms with Crippen molar-refractivity contribution in [3.05, 3.63) is 36.8 Å². The van der Waals surface area contributed by atoms with Gasteiger partial charge in [0.15, 0.2) is 17.3 Å². The number of nitrogens with two attached hydrogens (primary N) is 1. The van der Waals surface area contributed by atoms with Gasteiger partial charge >= 0.3 is 0 Å². The molecule has 4 aromatic rings. The molecule has 0 saturated heterocycles. The highest BCUT2D eigenvalue weighted by atomic mass is 32.2. The van der Waals surface area contributed by atoms with Crippen LogP contribution in [0, 0.1) is 0 Å². The van der Waals surface area contributed by atoms with Gasteiger partial charge in [0.05, 0.1) is 16.6 Å². The van der Waals surface area contributed by atoms with E-state index < -0.39 is 0 Å². The van der Waals surface area contributed by atoms with E-state index in [1.807, 2.05) is 35.9 Å². The molecule has 0 fully saturated rings. The molecule has 0 spiro atoms. The second kappa shape index (κ2) is 5.93. The lowest BCUT2D eigenvalue weighted by atomic mass is 10.4. The van der Waals surface area contributed by atoms with Crippen LogP contribution in [0.25, 0.3) is 22.6 Å². The standard InChI is InChI=1S/C15H13N7OS/c1-2-22-13-9(19-15(22)12-14(16)21-23-20-12)7-17-8-10(13)24-11-5-3-4-6-18-11/h3-8H,2H2,1H3,(H2,16,21). The van der Waals surface area contributed by atoms with Crippen LogP contribution in [0.3, 0.4) is 0 Å². The van der Waals surface area contributed by atoms with Gasteiger partial charge in [-0.3, -0.25) is 4.98 Å². The van der Waals surface area contributed by atoms with Gasteiger partial charge in [-0.25, -0.2) is 14.6 Å². The largest absolute Gasteiger partial charge is 0.379 e. The molecule has 9 heteroatoms. The van der Waals surface area contributed by atoms with Crippen LogP contribution >= 0.6 is 11.8 Å². The van der Waals surface area contributed by atoms with Crippen LogP contribution in [-0.4, -0.2) is 29.8 Å². The molecule has 0 radical (unpaired) electrons. The number of fused-ring (bicyclic) bond motifs is 1. The number of nitrogen functional groups attached to an aromatic ring is 1. The lowest BCUT2D eigenvalue weighted by molar-refractivity contribution is 0.310. The lowest BCUT2D eigenvalue weighted by Gasteiger charge is -2.07. The van der Waals surface area contributed by atoms with Gasteiger partial charge in [-0.2, -0.15) is 0 Å². The minimum Gasteiger partial charge on any atom is -0.379 e. The van der Waals surface area contributed by atoms with Crippen molar-refractivity contribution in [3.63, 3.8) is 0 Å². The van der Waals surface area contributed by atoms with Crippen molar-refractivity contribution in [2.45, 2.75) is 23.4 Å².